The average Bonchev–Trinajstić information content (AvgIpc) is 2.64. The van der Waals surface area contributed by atoms with Crippen molar-refractivity contribution in [1.29, 1.82) is 0 Å². The Kier molecular flexibility index (Phi) is 3.21. The lowest BCUT2D eigenvalue weighted by atomic mass is 10.1. The van der Waals surface area contributed by atoms with Crippen molar-refractivity contribution in [2.24, 2.45) is 0 Å². The highest BCUT2D eigenvalue weighted by atomic mass is 79.9. The summed E-state index contributed by atoms with van der Waals surface area (Å²) in [6, 6.07) is 8.33. The number of rotatable bonds is 3. The van der Waals surface area contributed by atoms with Gasteiger partial charge in [-0.1, -0.05) is 28.1 Å². The highest BCUT2D eigenvalue weighted by Crippen LogP contribution is 2.12. The van der Waals surface area contributed by atoms with Crippen LogP contribution in [0.3, 0.4) is 0 Å². The standard InChI is InChI=1S/C12H12BrNO/c1-9-8-14-12(15-9)7-4-10-2-5-11(13)6-3-10/h2-3,5-6,8H,4,7H2,1H3. The maximum absolute atomic E-state index is 5.41. The zero-order valence-corrected chi connectivity index (χ0v) is 10.1. The summed E-state index contributed by atoms with van der Waals surface area (Å²) in [5.74, 6) is 1.69. The van der Waals surface area contributed by atoms with Gasteiger partial charge in [-0.25, -0.2) is 4.98 Å². The predicted molar refractivity (Wildman–Crippen MR) is 62.8 cm³/mol. The van der Waals surface area contributed by atoms with Gasteiger partial charge in [0.1, 0.15) is 5.76 Å². The topological polar surface area (TPSA) is 26.0 Å². The molecule has 0 unspecified atom stereocenters. The van der Waals surface area contributed by atoms with E-state index in [-0.39, 0.29) is 0 Å². The predicted octanol–water partition coefficient (Wildman–Crippen LogP) is 3.53. The minimum Gasteiger partial charge on any atom is -0.446 e. The van der Waals surface area contributed by atoms with Crippen molar-refractivity contribution in [3.05, 3.63) is 52.1 Å². The molecule has 2 aromatic rings. The molecule has 0 saturated carbocycles. The smallest absolute Gasteiger partial charge is 0.194 e. The van der Waals surface area contributed by atoms with Gasteiger partial charge in [-0.2, -0.15) is 0 Å². The number of oxazole rings is 1. The molecular formula is C12H12BrNO. The Morgan fingerprint density at radius 2 is 1.93 bits per heavy atom. The first-order valence-corrected chi connectivity index (χ1v) is 5.69. The number of aryl methyl sites for hydroxylation is 3. The van der Waals surface area contributed by atoms with Crippen molar-refractivity contribution in [3.8, 4) is 0 Å². The fourth-order valence-electron chi connectivity index (χ4n) is 1.42. The van der Waals surface area contributed by atoms with Gasteiger partial charge >= 0.3 is 0 Å². The Labute approximate surface area is 97.5 Å². The van der Waals surface area contributed by atoms with Crippen LogP contribution < -0.4 is 0 Å². The van der Waals surface area contributed by atoms with Gasteiger partial charge in [-0.15, -0.1) is 0 Å². The molecule has 1 aromatic heterocycles. The van der Waals surface area contributed by atoms with E-state index < -0.39 is 0 Å². The molecule has 0 saturated heterocycles. The molecule has 0 radical (unpaired) electrons. The molecule has 0 spiro atoms. The van der Waals surface area contributed by atoms with Crippen LogP contribution in [0.1, 0.15) is 17.2 Å². The molecule has 2 rings (SSSR count). The Hall–Kier alpha value is -1.09. The molecule has 0 bridgehead atoms. The lowest BCUT2D eigenvalue weighted by Crippen LogP contribution is -1.90. The Morgan fingerprint density at radius 1 is 1.20 bits per heavy atom. The summed E-state index contributed by atoms with van der Waals surface area (Å²) >= 11 is 3.41. The number of aromatic nitrogens is 1. The van der Waals surface area contributed by atoms with Crippen molar-refractivity contribution in [1.82, 2.24) is 4.98 Å². The van der Waals surface area contributed by atoms with Crippen LogP contribution in [-0.2, 0) is 12.8 Å². The summed E-state index contributed by atoms with van der Waals surface area (Å²) < 4.78 is 6.52. The summed E-state index contributed by atoms with van der Waals surface area (Å²) in [6.07, 6.45) is 3.58. The minimum atomic E-state index is 0.815. The second-order valence-electron chi connectivity index (χ2n) is 3.49. The molecule has 0 amide bonds. The summed E-state index contributed by atoms with van der Waals surface area (Å²) in [7, 11) is 0. The van der Waals surface area contributed by atoms with Crippen molar-refractivity contribution in [2.75, 3.05) is 0 Å². The molecule has 1 heterocycles. The maximum Gasteiger partial charge on any atom is 0.194 e. The zero-order valence-electron chi connectivity index (χ0n) is 8.53. The van der Waals surface area contributed by atoms with E-state index in [4.69, 9.17) is 4.42 Å². The third-order valence-corrected chi connectivity index (χ3v) is 2.74. The molecule has 0 fully saturated rings. The van der Waals surface area contributed by atoms with E-state index in [2.05, 4.69) is 45.2 Å². The van der Waals surface area contributed by atoms with Crippen LogP contribution in [0.5, 0.6) is 0 Å². The second-order valence-corrected chi connectivity index (χ2v) is 4.41. The molecule has 2 nitrogen and oxygen atoms in total. The Morgan fingerprint density at radius 3 is 2.53 bits per heavy atom. The molecule has 78 valence electrons. The lowest BCUT2D eigenvalue weighted by molar-refractivity contribution is 0.470. The zero-order chi connectivity index (χ0) is 10.7. The number of halogens is 1. The maximum atomic E-state index is 5.41. The first-order chi connectivity index (χ1) is 7.24. The van der Waals surface area contributed by atoms with Gasteiger partial charge in [0.25, 0.3) is 0 Å². The summed E-state index contributed by atoms with van der Waals surface area (Å²) in [5, 5.41) is 0. The van der Waals surface area contributed by atoms with Crippen LogP contribution in [-0.4, -0.2) is 4.98 Å². The van der Waals surface area contributed by atoms with Crippen molar-refractivity contribution >= 4 is 15.9 Å². The summed E-state index contributed by atoms with van der Waals surface area (Å²) in [6.45, 7) is 1.91. The van der Waals surface area contributed by atoms with Crippen LogP contribution in [0.4, 0.5) is 0 Å². The van der Waals surface area contributed by atoms with Crippen molar-refractivity contribution < 1.29 is 4.42 Å². The van der Waals surface area contributed by atoms with Crippen LogP contribution in [0.2, 0.25) is 0 Å². The van der Waals surface area contributed by atoms with Gasteiger partial charge in [0.15, 0.2) is 5.89 Å². The van der Waals surface area contributed by atoms with Gasteiger partial charge in [-0.3, -0.25) is 0 Å². The average molecular weight is 266 g/mol. The molecule has 0 atom stereocenters. The van der Waals surface area contributed by atoms with Crippen molar-refractivity contribution in [3.63, 3.8) is 0 Å². The summed E-state index contributed by atoms with van der Waals surface area (Å²) in [5.41, 5.74) is 1.30. The quantitative estimate of drug-likeness (QED) is 0.849. The van der Waals surface area contributed by atoms with E-state index >= 15 is 0 Å². The van der Waals surface area contributed by atoms with Gasteiger partial charge in [0.2, 0.25) is 0 Å². The van der Waals surface area contributed by atoms with E-state index in [1.165, 1.54) is 5.56 Å². The number of benzene rings is 1. The number of nitrogens with zero attached hydrogens (tertiary/aromatic N) is 1. The minimum absolute atomic E-state index is 0.815. The van der Waals surface area contributed by atoms with Gasteiger partial charge in [-0.05, 0) is 31.0 Å². The van der Waals surface area contributed by atoms with Crippen molar-refractivity contribution in [2.45, 2.75) is 19.8 Å². The molecule has 0 aliphatic rings. The molecule has 0 N–H and O–H groups in total. The highest BCUT2D eigenvalue weighted by molar-refractivity contribution is 9.10. The normalized spacial score (nSPS) is 10.5. The van der Waals surface area contributed by atoms with Gasteiger partial charge < -0.3 is 4.42 Å². The molecule has 1 aromatic carbocycles. The fraction of sp³-hybridized carbons (Fsp3) is 0.250. The number of hydrogen-bond acceptors (Lipinski definition) is 2. The van der Waals surface area contributed by atoms with Crippen LogP contribution in [0.25, 0.3) is 0 Å². The number of hydrogen-bond donors (Lipinski definition) is 0. The Bertz CT molecular complexity index is 433. The SMILES string of the molecule is Cc1cnc(CCc2ccc(Br)cc2)o1. The van der Waals surface area contributed by atoms with Crippen LogP contribution in [0.15, 0.2) is 39.4 Å². The van der Waals surface area contributed by atoms with E-state index in [1.807, 2.05) is 6.92 Å². The first kappa shape index (κ1) is 10.4. The third kappa shape index (κ3) is 2.93. The Balaban J connectivity index is 1.96. The summed E-state index contributed by atoms with van der Waals surface area (Å²) in [4.78, 5) is 4.17. The van der Waals surface area contributed by atoms with Crippen LogP contribution in [0, 0.1) is 6.92 Å². The third-order valence-electron chi connectivity index (χ3n) is 2.21. The highest BCUT2D eigenvalue weighted by Gasteiger charge is 2.01. The molecule has 0 aliphatic carbocycles. The largest absolute Gasteiger partial charge is 0.446 e. The monoisotopic (exact) mass is 265 g/mol. The molecular weight excluding hydrogens is 254 g/mol. The van der Waals surface area contributed by atoms with E-state index in [1.54, 1.807) is 6.20 Å². The fourth-order valence-corrected chi connectivity index (χ4v) is 1.68. The molecule has 0 aliphatic heterocycles. The molecule has 3 heteroatoms. The van der Waals surface area contributed by atoms with E-state index in [0.717, 1.165) is 29.0 Å². The lowest BCUT2D eigenvalue weighted by Gasteiger charge is -1.98. The first-order valence-electron chi connectivity index (χ1n) is 4.90. The van der Waals surface area contributed by atoms with E-state index in [0.29, 0.717) is 0 Å². The molecule has 15 heavy (non-hydrogen) atoms. The van der Waals surface area contributed by atoms with Gasteiger partial charge in [0, 0.05) is 10.9 Å². The van der Waals surface area contributed by atoms with Crippen LogP contribution >= 0.6 is 15.9 Å². The van der Waals surface area contributed by atoms with Gasteiger partial charge in [0.05, 0.1) is 6.20 Å². The second kappa shape index (κ2) is 4.62. The van der Waals surface area contributed by atoms with E-state index in [9.17, 15) is 0 Å².